The molecule has 0 unspecified atom stereocenters. The van der Waals surface area contributed by atoms with Crippen molar-refractivity contribution in [2.75, 3.05) is 6.79 Å². The summed E-state index contributed by atoms with van der Waals surface area (Å²) in [7, 11) is 0. The van der Waals surface area contributed by atoms with Crippen LogP contribution in [0.4, 0.5) is 0 Å². The van der Waals surface area contributed by atoms with Crippen molar-refractivity contribution in [2.45, 2.75) is 13.0 Å². The molecule has 1 aromatic carbocycles. The van der Waals surface area contributed by atoms with Crippen molar-refractivity contribution < 1.29 is 19.4 Å². The third-order valence-corrected chi connectivity index (χ3v) is 3.85. The van der Waals surface area contributed by atoms with E-state index in [2.05, 4.69) is 0 Å². The lowest BCUT2D eigenvalue weighted by atomic mass is 9.96. The van der Waals surface area contributed by atoms with Crippen LogP contribution in [0.15, 0.2) is 29.2 Å². The summed E-state index contributed by atoms with van der Waals surface area (Å²) in [6.45, 7) is 0.825. The molecule has 2 aliphatic rings. The SMILES string of the molecule is O=C(O)c1cn2c(cc1=O)-c1cc3c(cc1CC2)OCO3. The second-order valence-corrected chi connectivity index (χ2v) is 5.05. The lowest BCUT2D eigenvalue weighted by Gasteiger charge is -2.22. The number of fused-ring (bicyclic) bond motifs is 4. The van der Waals surface area contributed by atoms with Gasteiger partial charge in [0.05, 0.1) is 5.69 Å². The highest BCUT2D eigenvalue weighted by molar-refractivity contribution is 5.87. The fourth-order valence-electron chi connectivity index (χ4n) is 2.82. The number of rotatable bonds is 1. The number of carbonyl (C=O) groups is 1. The number of pyridine rings is 1. The van der Waals surface area contributed by atoms with Crippen LogP contribution in [0.5, 0.6) is 11.5 Å². The summed E-state index contributed by atoms with van der Waals surface area (Å²) in [5, 5.41) is 9.04. The lowest BCUT2D eigenvalue weighted by molar-refractivity contribution is 0.0694. The molecule has 0 radical (unpaired) electrons. The average Bonchev–Trinajstić information content (AvgIpc) is 2.91. The number of carboxylic acid groups (broad SMARTS) is 1. The minimum absolute atomic E-state index is 0.197. The number of hydrogen-bond donors (Lipinski definition) is 1. The maximum atomic E-state index is 11.9. The maximum absolute atomic E-state index is 11.9. The standard InChI is InChI=1S/C15H11NO5/c17-12-5-11-9-4-14-13(20-7-21-14)3-8(9)1-2-16(11)6-10(12)15(18)19/h3-6H,1-2,7H2,(H,18,19). The zero-order valence-electron chi connectivity index (χ0n) is 11.0. The number of aryl methyl sites for hydroxylation is 2. The molecule has 0 saturated carbocycles. The van der Waals surface area contributed by atoms with Crippen LogP contribution in [0.3, 0.4) is 0 Å². The normalized spacial score (nSPS) is 14.5. The molecular formula is C15H11NO5. The van der Waals surface area contributed by atoms with Crippen LogP contribution in [0.25, 0.3) is 11.3 Å². The van der Waals surface area contributed by atoms with Crippen LogP contribution >= 0.6 is 0 Å². The molecule has 2 aliphatic heterocycles. The van der Waals surface area contributed by atoms with Gasteiger partial charge in [-0.15, -0.1) is 0 Å². The third-order valence-electron chi connectivity index (χ3n) is 3.85. The molecule has 0 bridgehead atoms. The number of ether oxygens (including phenoxy) is 2. The van der Waals surface area contributed by atoms with Gasteiger partial charge >= 0.3 is 5.97 Å². The van der Waals surface area contributed by atoms with Crippen LogP contribution in [0.2, 0.25) is 0 Å². The van der Waals surface area contributed by atoms with E-state index < -0.39 is 11.4 Å². The summed E-state index contributed by atoms with van der Waals surface area (Å²) in [5.74, 6) is 0.162. The van der Waals surface area contributed by atoms with E-state index in [0.29, 0.717) is 23.7 Å². The van der Waals surface area contributed by atoms with E-state index in [1.807, 2.05) is 12.1 Å². The molecule has 106 valence electrons. The number of hydrogen-bond acceptors (Lipinski definition) is 4. The highest BCUT2D eigenvalue weighted by Gasteiger charge is 2.23. The Labute approximate surface area is 119 Å². The van der Waals surface area contributed by atoms with Gasteiger partial charge in [-0.2, -0.15) is 0 Å². The van der Waals surface area contributed by atoms with E-state index in [4.69, 9.17) is 14.6 Å². The molecule has 21 heavy (non-hydrogen) atoms. The summed E-state index contributed by atoms with van der Waals surface area (Å²) in [5.41, 5.74) is 1.98. The van der Waals surface area contributed by atoms with Gasteiger partial charge in [0, 0.05) is 24.4 Å². The fraction of sp³-hybridized carbons (Fsp3) is 0.200. The fourth-order valence-corrected chi connectivity index (χ4v) is 2.82. The van der Waals surface area contributed by atoms with Crippen LogP contribution in [-0.2, 0) is 13.0 Å². The number of benzene rings is 1. The molecule has 0 fully saturated rings. The summed E-state index contributed by atoms with van der Waals surface area (Å²) < 4.78 is 12.5. The highest BCUT2D eigenvalue weighted by atomic mass is 16.7. The van der Waals surface area contributed by atoms with Gasteiger partial charge in [-0.25, -0.2) is 4.79 Å². The summed E-state index contributed by atoms with van der Waals surface area (Å²) in [4.78, 5) is 23.0. The molecule has 0 amide bonds. The van der Waals surface area contributed by atoms with Crippen LogP contribution in [-0.4, -0.2) is 22.4 Å². The van der Waals surface area contributed by atoms with Gasteiger partial charge in [0.25, 0.3) is 0 Å². The van der Waals surface area contributed by atoms with Crippen molar-refractivity contribution in [3.8, 4) is 22.8 Å². The minimum atomic E-state index is -1.20. The Hall–Kier alpha value is -2.76. The van der Waals surface area contributed by atoms with Gasteiger partial charge in [-0.05, 0) is 24.1 Å². The van der Waals surface area contributed by atoms with Crippen molar-refractivity contribution in [1.82, 2.24) is 4.57 Å². The van der Waals surface area contributed by atoms with E-state index in [1.165, 1.54) is 12.3 Å². The predicted molar refractivity (Wildman–Crippen MR) is 72.9 cm³/mol. The van der Waals surface area contributed by atoms with Crippen LogP contribution < -0.4 is 14.9 Å². The predicted octanol–water partition coefficient (Wildman–Crippen LogP) is 1.50. The van der Waals surface area contributed by atoms with Crippen molar-refractivity contribution >= 4 is 5.97 Å². The quantitative estimate of drug-likeness (QED) is 0.859. The molecule has 1 N–H and O–H groups in total. The van der Waals surface area contributed by atoms with E-state index in [1.54, 1.807) is 4.57 Å². The van der Waals surface area contributed by atoms with E-state index in [0.717, 1.165) is 17.5 Å². The molecule has 6 nitrogen and oxygen atoms in total. The first kappa shape index (κ1) is 12.0. The molecule has 0 spiro atoms. The van der Waals surface area contributed by atoms with E-state index >= 15 is 0 Å². The second-order valence-electron chi connectivity index (χ2n) is 5.05. The number of nitrogens with zero attached hydrogens (tertiary/aromatic N) is 1. The van der Waals surface area contributed by atoms with E-state index in [9.17, 15) is 9.59 Å². The summed E-state index contributed by atoms with van der Waals surface area (Å²) in [6, 6.07) is 5.16. The number of carboxylic acids is 1. The molecule has 0 saturated heterocycles. The zero-order chi connectivity index (χ0) is 14.6. The van der Waals surface area contributed by atoms with Gasteiger partial charge < -0.3 is 19.1 Å². The molecule has 3 heterocycles. The van der Waals surface area contributed by atoms with Crippen LogP contribution in [0.1, 0.15) is 15.9 Å². The van der Waals surface area contributed by atoms with Crippen molar-refractivity contribution in [3.63, 3.8) is 0 Å². The first-order chi connectivity index (χ1) is 10.1. The van der Waals surface area contributed by atoms with E-state index in [-0.39, 0.29) is 12.4 Å². The topological polar surface area (TPSA) is 77.8 Å². The summed E-state index contributed by atoms with van der Waals surface area (Å²) in [6.07, 6.45) is 2.16. The van der Waals surface area contributed by atoms with Gasteiger partial charge in [-0.1, -0.05) is 0 Å². The summed E-state index contributed by atoms with van der Waals surface area (Å²) >= 11 is 0. The second kappa shape index (κ2) is 4.12. The zero-order valence-corrected chi connectivity index (χ0v) is 11.0. The van der Waals surface area contributed by atoms with Crippen molar-refractivity contribution in [2.24, 2.45) is 0 Å². The van der Waals surface area contributed by atoms with Gasteiger partial charge in [0.2, 0.25) is 6.79 Å². The lowest BCUT2D eigenvalue weighted by Crippen LogP contribution is -2.21. The number of aromatic nitrogens is 1. The Morgan fingerprint density at radius 1 is 1.19 bits per heavy atom. The molecule has 0 aliphatic carbocycles. The minimum Gasteiger partial charge on any atom is -0.477 e. The van der Waals surface area contributed by atoms with Gasteiger partial charge in [0.15, 0.2) is 16.9 Å². The molecule has 6 heteroatoms. The first-order valence-electron chi connectivity index (χ1n) is 6.54. The maximum Gasteiger partial charge on any atom is 0.341 e. The largest absolute Gasteiger partial charge is 0.477 e. The van der Waals surface area contributed by atoms with Gasteiger partial charge in [-0.3, -0.25) is 4.79 Å². The third kappa shape index (κ3) is 1.72. The molecule has 0 atom stereocenters. The number of aromatic carboxylic acids is 1. The molecule has 2 aromatic rings. The Morgan fingerprint density at radius 2 is 1.95 bits per heavy atom. The molecule has 1 aromatic heterocycles. The molecule has 4 rings (SSSR count). The Kier molecular flexibility index (Phi) is 2.35. The monoisotopic (exact) mass is 285 g/mol. The van der Waals surface area contributed by atoms with Crippen molar-refractivity contribution in [1.29, 1.82) is 0 Å². The average molecular weight is 285 g/mol. The van der Waals surface area contributed by atoms with Crippen molar-refractivity contribution in [3.05, 3.63) is 45.7 Å². The van der Waals surface area contributed by atoms with Crippen LogP contribution in [0, 0.1) is 0 Å². The highest BCUT2D eigenvalue weighted by Crippen LogP contribution is 2.40. The smallest absolute Gasteiger partial charge is 0.341 e. The Morgan fingerprint density at radius 3 is 2.71 bits per heavy atom. The van der Waals surface area contributed by atoms with Gasteiger partial charge in [0.1, 0.15) is 5.56 Å². The Balaban J connectivity index is 1.95. The first-order valence-corrected chi connectivity index (χ1v) is 6.54. The molecular weight excluding hydrogens is 274 g/mol. The Bertz CT molecular complexity index is 837.